The molecule has 27 heavy (non-hydrogen) atoms. The number of aromatic nitrogens is 2. The molecule has 0 aromatic carbocycles. The fourth-order valence-corrected chi connectivity index (χ4v) is 3.77. The maximum Gasteiger partial charge on any atom is 0.194 e. The van der Waals surface area contributed by atoms with Crippen molar-refractivity contribution in [1.82, 2.24) is 25.3 Å². The number of rotatable bonds is 7. The fraction of sp³-hybridized carbons (Fsp3) is 0.611. The van der Waals surface area contributed by atoms with Crippen molar-refractivity contribution < 1.29 is 4.52 Å². The van der Waals surface area contributed by atoms with Crippen molar-refractivity contribution in [3.05, 3.63) is 34.1 Å². The van der Waals surface area contributed by atoms with Gasteiger partial charge in [0.2, 0.25) is 0 Å². The SMILES string of the molecule is CCNC(=NCCc1csc(CC)n1)N1CCN(Cc2ccon2)CC1.I. The van der Waals surface area contributed by atoms with Crippen LogP contribution < -0.4 is 5.32 Å². The standard InChI is InChI=1S/C18H28N6OS.HI/c1-3-17-21-16(14-26-17)5-7-20-18(19-4-2)24-10-8-23(9-11-24)13-15-6-12-25-22-15;/h6,12,14H,3-5,7-11,13H2,1-2H3,(H,19,20);1H. The summed E-state index contributed by atoms with van der Waals surface area (Å²) < 4.78 is 4.92. The van der Waals surface area contributed by atoms with E-state index in [0.717, 1.165) is 76.0 Å². The van der Waals surface area contributed by atoms with Gasteiger partial charge in [0.15, 0.2) is 5.96 Å². The maximum atomic E-state index is 4.92. The largest absolute Gasteiger partial charge is 0.364 e. The molecule has 2 aromatic heterocycles. The first kappa shape index (κ1) is 22.1. The first-order valence-electron chi connectivity index (χ1n) is 9.36. The highest BCUT2D eigenvalue weighted by Gasteiger charge is 2.20. The van der Waals surface area contributed by atoms with E-state index in [1.165, 1.54) is 5.01 Å². The van der Waals surface area contributed by atoms with Gasteiger partial charge in [0.05, 0.1) is 16.4 Å². The second-order valence-corrected chi connectivity index (χ2v) is 7.27. The van der Waals surface area contributed by atoms with E-state index in [1.54, 1.807) is 17.6 Å². The van der Waals surface area contributed by atoms with Gasteiger partial charge in [-0.05, 0) is 13.3 Å². The van der Waals surface area contributed by atoms with Crippen LogP contribution in [0.15, 0.2) is 27.2 Å². The Balaban J connectivity index is 0.00000261. The summed E-state index contributed by atoms with van der Waals surface area (Å²) in [6, 6.07) is 1.93. The Bertz CT molecular complexity index is 682. The number of piperazine rings is 1. The molecule has 7 nitrogen and oxygen atoms in total. The smallest absolute Gasteiger partial charge is 0.194 e. The molecule has 3 rings (SSSR count). The van der Waals surface area contributed by atoms with Gasteiger partial charge in [-0.25, -0.2) is 4.98 Å². The van der Waals surface area contributed by atoms with Crippen molar-refractivity contribution in [3.8, 4) is 0 Å². The molecule has 0 spiro atoms. The minimum absolute atomic E-state index is 0. The Labute approximate surface area is 182 Å². The van der Waals surface area contributed by atoms with Crippen LogP contribution in [0.1, 0.15) is 30.2 Å². The fourth-order valence-electron chi connectivity index (χ4n) is 2.99. The lowest BCUT2D eigenvalue weighted by Crippen LogP contribution is -2.52. The molecule has 1 N–H and O–H groups in total. The molecule has 0 bridgehead atoms. The summed E-state index contributed by atoms with van der Waals surface area (Å²) in [6.45, 7) is 10.7. The van der Waals surface area contributed by atoms with Gasteiger partial charge < -0.3 is 14.7 Å². The summed E-state index contributed by atoms with van der Waals surface area (Å²) in [5.41, 5.74) is 2.15. The molecule has 1 aliphatic rings. The number of nitrogens with zero attached hydrogens (tertiary/aromatic N) is 5. The number of thiazole rings is 1. The van der Waals surface area contributed by atoms with Crippen LogP contribution in [0.25, 0.3) is 0 Å². The highest BCUT2D eigenvalue weighted by Crippen LogP contribution is 2.11. The van der Waals surface area contributed by atoms with Crippen LogP contribution in [0.4, 0.5) is 0 Å². The number of aliphatic imine (C=N–C) groups is 1. The second kappa shape index (κ2) is 11.6. The molecule has 0 saturated carbocycles. The van der Waals surface area contributed by atoms with Crippen molar-refractivity contribution in [3.63, 3.8) is 0 Å². The van der Waals surface area contributed by atoms with Gasteiger partial charge in [-0.3, -0.25) is 9.89 Å². The summed E-state index contributed by atoms with van der Waals surface area (Å²) in [7, 11) is 0. The Hall–Kier alpha value is -1.20. The summed E-state index contributed by atoms with van der Waals surface area (Å²) in [4.78, 5) is 14.2. The van der Waals surface area contributed by atoms with Crippen molar-refractivity contribution in [2.45, 2.75) is 33.2 Å². The molecular weight excluding hydrogens is 475 g/mol. The summed E-state index contributed by atoms with van der Waals surface area (Å²) >= 11 is 1.75. The van der Waals surface area contributed by atoms with E-state index >= 15 is 0 Å². The Morgan fingerprint density at radius 1 is 1.26 bits per heavy atom. The summed E-state index contributed by atoms with van der Waals surface area (Å²) in [5, 5.41) is 10.8. The molecule has 150 valence electrons. The van der Waals surface area contributed by atoms with Gasteiger partial charge in [-0.1, -0.05) is 12.1 Å². The van der Waals surface area contributed by atoms with Crippen molar-refractivity contribution in [2.75, 3.05) is 39.3 Å². The third-order valence-corrected chi connectivity index (χ3v) is 5.46. The van der Waals surface area contributed by atoms with Crippen LogP contribution in [-0.2, 0) is 19.4 Å². The Kier molecular flexibility index (Phi) is 9.49. The third-order valence-electron chi connectivity index (χ3n) is 4.41. The van der Waals surface area contributed by atoms with Gasteiger partial charge in [-0.15, -0.1) is 35.3 Å². The first-order chi connectivity index (χ1) is 12.8. The molecule has 1 saturated heterocycles. The molecule has 0 amide bonds. The summed E-state index contributed by atoms with van der Waals surface area (Å²) in [5.74, 6) is 1.01. The van der Waals surface area contributed by atoms with Gasteiger partial charge in [0, 0.05) is 63.7 Å². The van der Waals surface area contributed by atoms with Crippen molar-refractivity contribution in [2.24, 2.45) is 4.99 Å². The molecule has 0 atom stereocenters. The molecule has 9 heteroatoms. The van der Waals surface area contributed by atoms with E-state index in [0.29, 0.717) is 0 Å². The predicted molar refractivity (Wildman–Crippen MR) is 120 cm³/mol. The monoisotopic (exact) mass is 504 g/mol. The quantitative estimate of drug-likeness (QED) is 0.355. The van der Waals surface area contributed by atoms with Crippen LogP contribution >= 0.6 is 35.3 Å². The Morgan fingerprint density at radius 3 is 2.70 bits per heavy atom. The molecule has 0 radical (unpaired) electrons. The molecule has 1 aliphatic heterocycles. The maximum absolute atomic E-state index is 4.92. The molecule has 2 aromatic rings. The van der Waals surface area contributed by atoms with E-state index in [-0.39, 0.29) is 24.0 Å². The van der Waals surface area contributed by atoms with E-state index in [1.807, 2.05) is 6.07 Å². The highest BCUT2D eigenvalue weighted by atomic mass is 127. The Morgan fingerprint density at radius 2 is 2.07 bits per heavy atom. The van der Waals surface area contributed by atoms with E-state index in [4.69, 9.17) is 9.52 Å². The molecular formula is C18H29IN6OS. The number of aryl methyl sites for hydroxylation is 1. The van der Waals surface area contributed by atoms with Gasteiger partial charge >= 0.3 is 0 Å². The van der Waals surface area contributed by atoms with Crippen molar-refractivity contribution >= 4 is 41.3 Å². The average molecular weight is 504 g/mol. The number of halogens is 1. The van der Waals surface area contributed by atoms with Crippen LogP contribution in [-0.4, -0.2) is 65.2 Å². The third kappa shape index (κ3) is 6.72. The van der Waals surface area contributed by atoms with Crippen molar-refractivity contribution in [1.29, 1.82) is 0 Å². The van der Waals surface area contributed by atoms with Gasteiger partial charge in [-0.2, -0.15) is 0 Å². The number of hydrogen-bond donors (Lipinski definition) is 1. The zero-order valence-electron chi connectivity index (χ0n) is 16.1. The topological polar surface area (TPSA) is 69.8 Å². The van der Waals surface area contributed by atoms with E-state index < -0.39 is 0 Å². The predicted octanol–water partition coefficient (Wildman–Crippen LogP) is 2.64. The number of nitrogens with one attached hydrogen (secondary N) is 1. The summed E-state index contributed by atoms with van der Waals surface area (Å²) in [6.07, 6.45) is 3.54. The average Bonchev–Trinajstić information content (AvgIpc) is 3.33. The minimum Gasteiger partial charge on any atom is -0.364 e. The lowest BCUT2D eigenvalue weighted by molar-refractivity contribution is 0.169. The van der Waals surface area contributed by atoms with Gasteiger partial charge in [0.25, 0.3) is 0 Å². The molecule has 0 aliphatic carbocycles. The normalized spacial score (nSPS) is 15.6. The lowest BCUT2D eigenvalue weighted by atomic mass is 10.3. The van der Waals surface area contributed by atoms with Crippen LogP contribution in [0.5, 0.6) is 0 Å². The molecule has 3 heterocycles. The van der Waals surface area contributed by atoms with E-state index in [9.17, 15) is 0 Å². The van der Waals surface area contributed by atoms with E-state index in [2.05, 4.69) is 44.5 Å². The zero-order valence-corrected chi connectivity index (χ0v) is 19.2. The first-order valence-corrected chi connectivity index (χ1v) is 10.2. The van der Waals surface area contributed by atoms with Crippen LogP contribution in [0.2, 0.25) is 0 Å². The van der Waals surface area contributed by atoms with Gasteiger partial charge in [0.1, 0.15) is 6.26 Å². The number of guanidine groups is 1. The van der Waals surface area contributed by atoms with Crippen LogP contribution in [0.3, 0.4) is 0 Å². The minimum atomic E-state index is 0. The van der Waals surface area contributed by atoms with Crippen LogP contribution in [0, 0.1) is 0 Å². The highest BCUT2D eigenvalue weighted by molar-refractivity contribution is 14.0. The number of hydrogen-bond acceptors (Lipinski definition) is 6. The second-order valence-electron chi connectivity index (χ2n) is 6.33. The molecule has 0 unspecified atom stereocenters. The zero-order chi connectivity index (χ0) is 18.2. The molecule has 1 fully saturated rings. The lowest BCUT2D eigenvalue weighted by Gasteiger charge is -2.36.